The molecule has 1 atom stereocenters. The number of carbonyl (C=O) groups is 2. The highest BCUT2D eigenvalue weighted by Crippen LogP contribution is 2.38. The third-order valence-corrected chi connectivity index (χ3v) is 8.27. The van der Waals surface area contributed by atoms with E-state index in [2.05, 4.69) is 35.3 Å². The fourth-order valence-corrected chi connectivity index (χ4v) is 5.91. The van der Waals surface area contributed by atoms with Crippen LogP contribution in [0.15, 0.2) is 42.4 Å². The SMILES string of the molecule is CC1CCC(C(=O)N(c2cc(C#CC(C)(C)C)sc2C(=O)O)[C@@H]2CC=C(NOCc3cccnc3)CC2)CC1. The van der Waals surface area contributed by atoms with Gasteiger partial charge in [0.2, 0.25) is 5.91 Å². The molecular weight excluding hydrogens is 510 g/mol. The third-order valence-electron chi connectivity index (χ3n) is 7.24. The molecule has 39 heavy (non-hydrogen) atoms. The van der Waals surface area contributed by atoms with E-state index in [-0.39, 0.29) is 28.2 Å². The van der Waals surface area contributed by atoms with Crippen LogP contribution in [0, 0.1) is 29.1 Å². The van der Waals surface area contributed by atoms with Gasteiger partial charge < -0.3 is 10.0 Å². The van der Waals surface area contributed by atoms with E-state index in [1.165, 1.54) is 0 Å². The molecule has 0 aliphatic heterocycles. The van der Waals surface area contributed by atoms with Crippen molar-refractivity contribution >= 4 is 28.9 Å². The number of amides is 1. The van der Waals surface area contributed by atoms with Gasteiger partial charge in [-0.2, -0.15) is 0 Å². The van der Waals surface area contributed by atoms with E-state index in [1.54, 1.807) is 17.3 Å². The lowest BCUT2D eigenvalue weighted by Crippen LogP contribution is -2.46. The Kier molecular flexibility index (Phi) is 9.47. The molecule has 208 valence electrons. The predicted molar refractivity (Wildman–Crippen MR) is 154 cm³/mol. The van der Waals surface area contributed by atoms with Crippen LogP contribution in [0.2, 0.25) is 0 Å². The first kappa shape index (κ1) is 28.8. The maximum Gasteiger partial charge on any atom is 0.348 e. The fraction of sp³-hybridized carbons (Fsp3) is 0.516. The molecule has 1 amide bonds. The maximum absolute atomic E-state index is 14.1. The average Bonchev–Trinajstić information content (AvgIpc) is 3.33. The first-order valence-corrected chi connectivity index (χ1v) is 14.6. The number of pyridine rings is 1. The minimum absolute atomic E-state index is 0.0418. The van der Waals surface area contributed by atoms with E-state index in [4.69, 9.17) is 4.84 Å². The van der Waals surface area contributed by atoms with E-state index < -0.39 is 5.97 Å². The average molecular weight is 550 g/mol. The summed E-state index contributed by atoms with van der Waals surface area (Å²) in [4.78, 5) is 38.8. The van der Waals surface area contributed by atoms with Gasteiger partial charge in [0.25, 0.3) is 0 Å². The second kappa shape index (κ2) is 12.8. The number of carboxylic acid groups (broad SMARTS) is 1. The van der Waals surface area contributed by atoms with Crippen molar-refractivity contribution < 1.29 is 19.5 Å². The number of nitrogens with one attached hydrogen (secondary N) is 1. The van der Waals surface area contributed by atoms with Crippen LogP contribution in [-0.4, -0.2) is 28.0 Å². The smallest absolute Gasteiger partial charge is 0.348 e. The molecule has 2 N–H and O–H groups in total. The van der Waals surface area contributed by atoms with Crippen LogP contribution in [0.1, 0.15) is 92.8 Å². The van der Waals surface area contributed by atoms with E-state index in [0.717, 1.165) is 48.3 Å². The number of rotatable bonds is 8. The van der Waals surface area contributed by atoms with Gasteiger partial charge in [0.05, 0.1) is 10.6 Å². The molecule has 0 aromatic carbocycles. The molecule has 2 aromatic rings. The fourth-order valence-electron chi connectivity index (χ4n) is 5.07. The number of hydrogen-bond donors (Lipinski definition) is 2. The number of hydroxylamine groups is 1. The second-order valence-electron chi connectivity index (χ2n) is 11.7. The molecule has 4 rings (SSSR count). The van der Waals surface area contributed by atoms with Gasteiger partial charge in [-0.3, -0.25) is 20.1 Å². The zero-order valence-corrected chi connectivity index (χ0v) is 24.1. The van der Waals surface area contributed by atoms with Gasteiger partial charge in [0, 0.05) is 35.5 Å². The summed E-state index contributed by atoms with van der Waals surface area (Å²) in [6, 6.07) is 5.51. The number of aromatic carboxylic acids is 1. The van der Waals surface area contributed by atoms with Crippen LogP contribution in [0.5, 0.6) is 0 Å². The summed E-state index contributed by atoms with van der Waals surface area (Å²) in [5, 5.41) is 10.1. The van der Waals surface area contributed by atoms with E-state index >= 15 is 0 Å². The minimum Gasteiger partial charge on any atom is -0.477 e. The second-order valence-corrected chi connectivity index (χ2v) is 12.8. The van der Waals surface area contributed by atoms with Crippen LogP contribution in [-0.2, 0) is 16.2 Å². The number of allylic oxidation sites excluding steroid dienone is 1. The summed E-state index contributed by atoms with van der Waals surface area (Å²) in [7, 11) is 0. The van der Waals surface area contributed by atoms with Crippen molar-refractivity contribution in [2.75, 3.05) is 4.90 Å². The Balaban J connectivity index is 1.56. The summed E-state index contributed by atoms with van der Waals surface area (Å²) < 4.78 is 0. The Morgan fingerprint density at radius 1 is 1.23 bits per heavy atom. The zero-order valence-electron chi connectivity index (χ0n) is 23.3. The Bertz CT molecular complexity index is 1240. The molecule has 8 heteroatoms. The van der Waals surface area contributed by atoms with Crippen LogP contribution >= 0.6 is 11.3 Å². The highest BCUT2D eigenvalue weighted by atomic mass is 32.1. The van der Waals surface area contributed by atoms with Gasteiger partial charge in [-0.15, -0.1) is 11.3 Å². The summed E-state index contributed by atoms with van der Waals surface area (Å²) in [5.41, 5.74) is 5.27. The van der Waals surface area contributed by atoms with Crippen LogP contribution in [0.3, 0.4) is 0 Å². The molecular formula is C31H39N3O4S. The van der Waals surface area contributed by atoms with Crippen molar-refractivity contribution in [1.29, 1.82) is 0 Å². The molecule has 2 aliphatic carbocycles. The van der Waals surface area contributed by atoms with E-state index in [1.807, 2.05) is 39.0 Å². The van der Waals surface area contributed by atoms with Gasteiger partial charge in [-0.1, -0.05) is 30.9 Å². The molecule has 0 bridgehead atoms. The van der Waals surface area contributed by atoms with Crippen molar-refractivity contribution in [1.82, 2.24) is 10.5 Å². The molecule has 2 aliphatic rings. The van der Waals surface area contributed by atoms with Gasteiger partial charge in [0.15, 0.2) is 0 Å². The predicted octanol–water partition coefficient (Wildman–Crippen LogP) is 6.56. The van der Waals surface area contributed by atoms with E-state index in [9.17, 15) is 14.7 Å². The van der Waals surface area contributed by atoms with Crippen molar-refractivity contribution in [3.8, 4) is 11.8 Å². The lowest BCUT2D eigenvalue weighted by atomic mass is 9.81. The quantitative estimate of drug-likeness (QED) is 0.286. The highest BCUT2D eigenvalue weighted by molar-refractivity contribution is 7.15. The number of nitrogens with zero attached hydrogens (tertiary/aromatic N) is 2. The molecule has 1 saturated carbocycles. The number of anilines is 1. The van der Waals surface area contributed by atoms with E-state index in [0.29, 0.717) is 42.4 Å². The molecule has 0 spiro atoms. The number of carboxylic acids is 1. The Morgan fingerprint density at radius 3 is 2.62 bits per heavy atom. The monoisotopic (exact) mass is 549 g/mol. The van der Waals surface area contributed by atoms with Gasteiger partial charge in [0.1, 0.15) is 11.5 Å². The molecule has 2 heterocycles. The van der Waals surface area contributed by atoms with Gasteiger partial charge >= 0.3 is 5.97 Å². The summed E-state index contributed by atoms with van der Waals surface area (Å²) >= 11 is 1.15. The van der Waals surface area contributed by atoms with Gasteiger partial charge in [-0.05, 0) is 89.3 Å². The maximum atomic E-state index is 14.1. The zero-order chi connectivity index (χ0) is 28.0. The molecule has 7 nitrogen and oxygen atoms in total. The van der Waals surface area contributed by atoms with Crippen LogP contribution < -0.4 is 10.4 Å². The number of hydrogen-bond acceptors (Lipinski definition) is 6. The largest absolute Gasteiger partial charge is 0.477 e. The molecule has 2 aromatic heterocycles. The minimum atomic E-state index is -1.02. The molecule has 0 unspecified atom stereocenters. The number of aromatic nitrogens is 1. The molecule has 1 fully saturated rings. The lowest BCUT2D eigenvalue weighted by molar-refractivity contribution is -0.124. The van der Waals surface area contributed by atoms with Crippen molar-refractivity contribution in [3.05, 3.63) is 57.7 Å². The number of thiophene rings is 1. The summed E-state index contributed by atoms with van der Waals surface area (Å²) in [5.74, 6) is 5.91. The Morgan fingerprint density at radius 2 is 2.00 bits per heavy atom. The molecule has 0 radical (unpaired) electrons. The third kappa shape index (κ3) is 7.93. The lowest BCUT2D eigenvalue weighted by Gasteiger charge is -2.37. The Labute approximate surface area is 235 Å². The van der Waals surface area contributed by atoms with Crippen molar-refractivity contribution in [3.63, 3.8) is 0 Å². The van der Waals surface area contributed by atoms with Crippen LogP contribution in [0.4, 0.5) is 5.69 Å². The van der Waals surface area contributed by atoms with Gasteiger partial charge in [-0.25, -0.2) is 4.79 Å². The topological polar surface area (TPSA) is 91.8 Å². The highest BCUT2D eigenvalue weighted by Gasteiger charge is 2.36. The molecule has 0 saturated heterocycles. The van der Waals surface area contributed by atoms with Crippen molar-refractivity contribution in [2.24, 2.45) is 17.3 Å². The summed E-state index contributed by atoms with van der Waals surface area (Å²) in [6.45, 7) is 8.69. The first-order valence-electron chi connectivity index (χ1n) is 13.8. The first-order chi connectivity index (χ1) is 18.6. The normalized spacial score (nSPS) is 21.3. The standard InChI is InChI=1S/C31H39N3O4S/c1-21-7-9-23(10-8-21)29(35)34(27-18-26(15-16-31(2,3)4)39-28(27)30(36)37)25-13-11-24(12-14-25)33-38-20-22-6-5-17-32-19-22/h5-6,11,17-19,21,23,25,33H,7-10,12-14,20H2,1-4H3,(H,36,37)/t21?,23?,25-/m1/s1. The van der Waals surface area contributed by atoms with Crippen molar-refractivity contribution in [2.45, 2.75) is 85.3 Å². The van der Waals surface area contributed by atoms with Crippen LogP contribution in [0.25, 0.3) is 0 Å². The Hall–Kier alpha value is -3.15. The summed E-state index contributed by atoms with van der Waals surface area (Å²) in [6.07, 6.45) is 11.3. The number of carbonyl (C=O) groups excluding carboxylic acids is 1.